The van der Waals surface area contributed by atoms with E-state index in [1.807, 2.05) is 0 Å². The van der Waals surface area contributed by atoms with Crippen LogP contribution in [0.5, 0.6) is 0 Å². The Morgan fingerprint density at radius 1 is 1.36 bits per heavy atom. The Bertz CT molecular complexity index is 395. The van der Waals surface area contributed by atoms with Gasteiger partial charge in [-0.15, -0.1) is 0 Å². The number of benzene rings is 1. The topological polar surface area (TPSA) is 12.0 Å². The third-order valence-electron chi connectivity index (χ3n) is 1.41. The van der Waals surface area contributed by atoms with Gasteiger partial charge in [-0.2, -0.15) is 0 Å². The van der Waals surface area contributed by atoms with Gasteiger partial charge in [0.15, 0.2) is 11.6 Å². The minimum absolute atomic E-state index is 0.0300. The van der Waals surface area contributed by atoms with Crippen molar-refractivity contribution in [2.24, 2.45) is 0 Å². The van der Waals surface area contributed by atoms with Gasteiger partial charge in [-0.3, -0.25) is 0 Å². The number of thiocarbonyl (C=S) groups is 1. The smallest absolute Gasteiger partial charge is 0.176 e. The van der Waals surface area contributed by atoms with E-state index in [9.17, 15) is 8.78 Å². The van der Waals surface area contributed by atoms with Crippen LogP contribution in [0.4, 0.5) is 14.5 Å². The molecule has 0 aliphatic heterocycles. The average Bonchev–Trinajstić information content (AvgIpc) is 2.10. The Morgan fingerprint density at radius 3 is 2.43 bits per heavy atom. The zero-order valence-corrected chi connectivity index (χ0v) is 11.0. The standard InChI is InChI=1S/C8H5Br2F2NS/c1-3(14)13-5-2-4(9)7(11)8(12)6(5)10/h2H,1H3,(H,13,14). The maximum Gasteiger partial charge on any atom is 0.176 e. The van der Waals surface area contributed by atoms with Crippen LogP contribution in [0.1, 0.15) is 6.92 Å². The van der Waals surface area contributed by atoms with E-state index in [0.29, 0.717) is 10.7 Å². The van der Waals surface area contributed by atoms with Crippen LogP contribution in [-0.2, 0) is 0 Å². The number of hydrogen-bond donors (Lipinski definition) is 1. The summed E-state index contributed by atoms with van der Waals surface area (Å²) in [5.74, 6) is -1.87. The highest BCUT2D eigenvalue weighted by Gasteiger charge is 2.15. The fourth-order valence-electron chi connectivity index (χ4n) is 0.853. The van der Waals surface area contributed by atoms with Gasteiger partial charge in [0.25, 0.3) is 0 Å². The van der Waals surface area contributed by atoms with E-state index in [1.54, 1.807) is 6.92 Å². The minimum atomic E-state index is -0.946. The van der Waals surface area contributed by atoms with Crippen molar-refractivity contribution in [1.29, 1.82) is 0 Å². The number of nitrogens with one attached hydrogen (secondary N) is 1. The summed E-state index contributed by atoms with van der Waals surface area (Å²) in [5, 5.41) is 2.73. The molecule has 1 aromatic carbocycles. The molecule has 14 heavy (non-hydrogen) atoms. The largest absolute Gasteiger partial charge is 0.349 e. The molecule has 76 valence electrons. The van der Waals surface area contributed by atoms with Crippen molar-refractivity contribution in [2.45, 2.75) is 6.92 Å². The molecule has 0 saturated carbocycles. The first-order chi connectivity index (χ1) is 6.43. The molecule has 1 aromatic rings. The molecule has 0 radical (unpaired) electrons. The van der Waals surface area contributed by atoms with Gasteiger partial charge in [0.2, 0.25) is 0 Å². The second-order valence-electron chi connectivity index (χ2n) is 2.53. The minimum Gasteiger partial charge on any atom is -0.349 e. The quantitative estimate of drug-likeness (QED) is 0.464. The van der Waals surface area contributed by atoms with Gasteiger partial charge in [0, 0.05) is 0 Å². The summed E-state index contributed by atoms with van der Waals surface area (Å²) in [5.41, 5.74) is 0.392. The zero-order chi connectivity index (χ0) is 10.9. The van der Waals surface area contributed by atoms with E-state index in [-0.39, 0.29) is 8.95 Å². The lowest BCUT2D eigenvalue weighted by atomic mass is 10.3. The molecule has 0 aliphatic carbocycles. The van der Waals surface area contributed by atoms with Crippen molar-refractivity contribution in [3.05, 3.63) is 26.6 Å². The lowest BCUT2D eigenvalue weighted by Crippen LogP contribution is -2.05. The lowest BCUT2D eigenvalue weighted by Gasteiger charge is -2.09. The molecule has 0 bridgehead atoms. The van der Waals surface area contributed by atoms with Crippen LogP contribution in [0, 0.1) is 11.6 Å². The van der Waals surface area contributed by atoms with Gasteiger partial charge in [-0.1, -0.05) is 12.2 Å². The summed E-state index contributed by atoms with van der Waals surface area (Å²) in [6, 6.07) is 1.41. The monoisotopic (exact) mass is 343 g/mol. The van der Waals surface area contributed by atoms with Gasteiger partial charge in [-0.25, -0.2) is 8.78 Å². The molecule has 6 heteroatoms. The van der Waals surface area contributed by atoms with Gasteiger partial charge in [-0.05, 0) is 44.8 Å². The summed E-state index contributed by atoms with van der Waals surface area (Å²) in [4.78, 5) is 0.476. The van der Waals surface area contributed by atoms with Crippen molar-refractivity contribution in [3.63, 3.8) is 0 Å². The van der Waals surface area contributed by atoms with E-state index < -0.39 is 11.6 Å². The zero-order valence-electron chi connectivity index (χ0n) is 7.00. The first-order valence-electron chi connectivity index (χ1n) is 3.54. The van der Waals surface area contributed by atoms with Gasteiger partial charge in [0.05, 0.1) is 19.6 Å². The van der Waals surface area contributed by atoms with E-state index in [4.69, 9.17) is 12.2 Å². The highest BCUT2D eigenvalue weighted by atomic mass is 79.9. The SMILES string of the molecule is CC(=S)Nc1cc(Br)c(F)c(F)c1Br. The second kappa shape index (κ2) is 4.63. The lowest BCUT2D eigenvalue weighted by molar-refractivity contribution is 0.500. The van der Waals surface area contributed by atoms with Crippen LogP contribution in [0.15, 0.2) is 15.0 Å². The molecular weight excluding hydrogens is 340 g/mol. The molecule has 1 nitrogen and oxygen atoms in total. The van der Waals surface area contributed by atoms with Crippen LogP contribution >= 0.6 is 44.1 Å². The third-order valence-corrected chi connectivity index (χ3v) is 2.87. The highest BCUT2D eigenvalue weighted by molar-refractivity contribution is 9.11. The Morgan fingerprint density at radius 2 is 1.93 bits per heavy atom. The highest BCUT2D eigenvalue weighted by Crippen LogP contribution is 2.32. The first-order valence-corrected chi connectivity index (χ1v) is 5.53. The Kier molecular flexibility index (Phi) is 3.97. The molecule has 0 aromatic heterocycles. The molecule has 0 unspecified atom stereocenters. The average molecular weight is 345 g/mol. The summed E-state index contributed by atoms with van der Waals surface area (Å²) in [6.07, 6.45) is 0. The molecule has 0 atom stereocenters. The summed E-state index contributed by atoms with van der Waals surface area (Å²) >= 11 is 10.6. The van der Waals surface area contributed by atoms with Crippen molar-refractivity contribution in [2.75, 3.05) is 5.32 Å². The van der Waals surface area contributed by atoms with Crippen molar-refractivity contribution < 1.29 is 8.78 Å². The Labute approximate surface area is 102 Å². The van der Waals surface area contributed by atoms with E-state index in [0.717, 1.165) is 0 Å². The fraction of sp³-hybridized carbons (Fsp3) is 0.125. The Hall–Kier alpha value is -0.0700. The van der Waals surface area contributed by atoms with E-state index in [2.05, 4.69) is 37.2 Å². The van der Waals surface area contributed by atoms with Crippen molar-refractivity contribution >= 4 is 54.8 Å². The van der Waals surface area contributed by atoms with E-state index in [1.165, 1.54) is 6.07 Å². The molecule has 0 amide bonds. The van der Waals surface area contributed by atoms with Crippen LogP contribution in [-0.4, -0.2) is 4.99 Å². The molecule has 1 N–H and O–H groups in total. The molecule has 0 fully saturated rings. The van der Waals surface area contributed by atoms with Crippen LogP contribution in [0.25, 0.3) is 0 Å². The molecule has 1 rings (SSSR count). The van der Waals surface area contributed by atoms with Crippen molar-refractivity contribution in [1.82, 2.24) is 0 Å². The normalized spacial score (nSPS) is 10.1. The summed E-state index contributed by atoms with van der Waals surface area (Å²) in [7, 11) is 0. The van der Waals surface area contributed by atoms with Crippen LogP contribution in [0.3, 0.4) is 0 Å². The van der Waals surface area contributed by atoms with Gasteiger partial charge < -0.3 is 5.32 Å². The number of halogens is 4. The molecule has 0 heterocycles. The maximum atomic E-state index is 13.2. The number of anilines is 1. The molecular formula is C8H5Br2F2NS. The summed E-state index contributed by atoms with van der Waals surface area (Å²) in [6.45, 7) is 1.65. The Balaban J connectivity index is 3.25. The van der Waals surface area contributed by atoms with Crippen LogP contribution in [0.2, 0.25) is 0 Å². The second-order valence-corrected chi connectivity index (χ2v) is 4.79. The maximum absolute atomic E-state index is 13.2. The number of rotatable bonds is 1. The van der Waals surface area contributed by atoms with Crippen molar-refractivity contribution in [3.8, 4) is 0 Å². The van der Waals surface area contributed by atoms with E-state index >= 15 is 0 Å². The number of hydrogen-bond acceptors (Lipinski definition) is 1. The summed E-state index contributed by atoms with van der Waals surface area (Å²) < 4.78 is 26.2. The first kappa shape index (κ1) is 12.0. The predicted octanol–water partition coefficient (Wildman–Crippen LogP) is 4.25. The van der Waals surface area contributed by atoms with Crippen LogP contribution < -0.4 is 5.32 Å². The molecule has 0 spiro atoms. The molecule has 0 saturated heterocycles. The van der Waals surface area contributed by atoms with Gasteiger partial charge >= 0.3 is 0 Å². The predicted molar refractivity (Wildman–Crippen MR) is 63.7 cm³/mol. The molecule has 0 aliphatic rings. The third kappa shape index (κ3) is 2.49. The van der Waals surface area contributed by atoms with Gasteiger partial charge in [0.1, 0.15) is 0 Å². The fourth-order valence-corrected chi connectivity index (χ4v) is 1.75.